The van der Waals surface area contributed by atoms with Crippen LogP contribution in [0.2, 0.25) is 0 Å². The number of allylic oxidation sites excluding steroid dienone is 1. The van der Waals surface area contributed by atoms with Crippen LogP contribution in [0.3, 0.4) is 0 Å². The Bertz CT molecular complexity index is 1070. The third kappa shape index (κ3) is 4.45. The molecule has 2 aliphatic rings. The molecular weight excluding hydrogens is 392 g/mol. The summed E-state index contributed by atoms with van der Waals surface area (Å²) in [5.41, 5.74) is 3.79. The van der Waals surface area contributed by atoms with Gasteiger partial charge >= 0.3 is 5.97 Å². The molecule has 6 nitrogen and oxygen atoms in total. The molecule has 0 amide bonds. The van der Waals surface area contributed by atoms with E-state index in [4.69, 9.17) is 4.74 Å². The third-order valence-corrected chi connectivity index (χ3v) is 5.64. The van der Waals surface area contributed by atoms with E-state index in [2.05, 4.69) is 4.99 Å². The van der Waals surface area contributed by atoms with E-state index in [-0.39, 0.29) is 5.57 Å². The van der Waals surface area contributed by atoms with Crippen LogP contribution in [0.1, 0.15) is 36.0 Å². The maximum atomic E-state index is 12.9. The van der Waals surface area contributed by atoms with Crippen molar-refractivity contribution in [3.8, 4) is 0 Å². The van der Waals surface area contributed by atoms with Crippen LogP contribution in [-0.4, -0.2) is 34.3 Å². The lowest BCUT2D eigenvalue weighted by molar-refractivity contribution is -0.136. The molecule has 0 fully saturated rings. The van der Waals surface area contributed by atoms with Gasteiger partial charge in [0, 0.05) is 23.9 Å². The predicted molar refractivity (Wildman–Crippen MR) is 119 cm³/mol. The molecule has 6 heteroatoms. The van der Waals surface area contributed by atoms with Gasteiger partial charge in [0.15, 0.2) is 6.23 Å². The van der Waals surface area contributed by atoms with Crippen LogP contribution in [0.5, 0.6) is 0 Å². The highest BCUT2D eigenvalue weighted by atomic mass is 16.5. The Labute approximate surface area is 181 Å². The highest BCUT2D eigenvalue weighted by Crippen LogP contribution is 2.29. The van der Waals surface area contributed by atoms with Gasteiger partial charge in [0.05, 0.1) is 6.10 Å². The van der Waals surface area contributed by atoms with E-state index < -0.39 is 18.3 Å². The van der Waals surface area contributed by atoms with E-state index in [1.807, 2.05) is 62.4 Å². The fourth-order valence-corrected chi connectivity index (χ4v) is 3.74. The fraction of sp³-hybridized carbons (Fsp3) is 0.280. The number of hydrogen-bond donors (Lipinski definition) is 2. The third-order valence-electron chi connectivity index (χ3n) is 5.64. The molecule has 2 unspecified atom stereocenters. The summed E-state index contributed by atoms with van der Waals surface area (Å²) in [6, 6.07) is 15.4. The SMILES string of the molecule is Cc1ccc(N2C(c3ccccc3)=NC=C(C(=O)OC3=CC(O)CCC3)C2O)cc1C. The summed E-state index contributed by atoms with van der Waals surface area (Å²) < 4.78 is 5.48. The van der Waals surface area contributed by atoms with E-state index in [9.17, 15) is 15.0 Å². The zero-order valence-corrected chi connectivity index (χ0v) is 17.7. The molecule has 2 atom stereocenters. The van der Waals surface area contributed by atoms with Crippen molar-refractivity contribution < 1.29 is 19.7 Å². The first-order valence-electron chi connectivity index (χ1n) is 10.4. The van der Waals surface area contributed by atoms with E-state index in [0.29, 0.717) is 24.4 Å². The van der Waals surface area contributed by atoms with Crippen LogP contribution in [-0.2, 0) is 9.53 Å². The normalized spacial score (nSPS) is 21.2. The van der Waals surface area contributed by atoms with Crippen molar-refractivity contribution >= 4 is 17.5 Å². The number of amidine groups is 1. The Balaban J connectivity index is 1.71. The van der Waals surface area contributed by atoms with Gasteiger partial charge in [0.1, 0.15) is 17.2 Å². The smallest absolute Gasteiger partial charge is 0.345 e. The second-order valence-corrected chi connectivity index (χ2v) is 7.90. The van der Waals surface area contributed by atoms with Crippen molar-refractivity contribution in [1.29, 1.82) is 0 Å². The summed E-state index contributed by atoms with van der Waals surface area (Å²) in [4.78, 5) is 19.0. The molecule has 4 rings (SSSR count). The molecule has 0 saturated heterocycles. The average Bonchev–Trinajstić information content (AvgIpc) is 2.76. The number of carbonyl (C=O) groups is 1. The van der Waals surface area contributed by atoms with Crippen molar-refractivity contribution in [2.75, 3.05) is 4.90 Å². The van der Waals surface area contributed by atoms with Crippen molar-refractivity contribution in [3.05, 3.63) is 88.8 Å². The second kappa shape index (κ2) is 8.88. The number of esters is 1. The number of aliphatic imine (C=N–C) groups is 1. The van der Waals surface area contributed by atoms with Crippen LogP contribution < -0.4 is 4.90 Å². The summed E-state index contributed by atoms with van der Waals surface area (Å²) in [6.07, 6.45) is 3.01. The molecule has 0 aromatic heterocycles. The molecule has 0 spiro atoms. The molecule has 1 heterocycles. The van der Waals surface area contributed by atoms with Crippen molar-refractivity contribution in [3.63, 3.8) is 0 Å². The van der Waals surface area contributed by atoms with Crippen LogP contribution in [0, 0.1) is 13.8 Å². The van der Waals surface area contributed by atoms with Gasteiger partial charge in [-0.05, 0) is 56.0 Å². The monoisotopic (exact) mass is 418 g/mol. The zero-order chi connectivity index (χ0) is 22.0. The number of aryl methyl sites for hydroxylation is 2. The van der Waals surface area contributed by atoms with Crippen LogP contribution >= 0.6 is 0 Å². The maximum Gasteiger partial charge on any atom is 0.345 e. The molecule has 0 radical (unpaired) electrons. The van der Waals surface area contributed by atoms with Crippen LogP contribution in [0.4, 0.5) is 5.69 Å². The highest BCUT2D eigenvalue weighted by molar-refractivity contribution is 6.13. The Morgan fingerprint density at radius 2 is 1.87 bits per heavy atom. The Hall–Kier alpha value is -3.22. The zero-order valence-electron chi connectivity index (χ0n) is 17.7. The Kier molecular flexibility index (Phi) is 6.02. The summed E-state index contributed by atoms with van der Waals surface area (Å²) in [7, 11) is 0. The summed E-state index contributed by atoms with van der Waals surface area (Å²) in [5, 5.41) is 21.0. The average molecular weight is 418 g/mol. The number of aliphatic hydroxyl groups is 2. The minimum atomic E-state index is -1.27. The van der Waals surface area contributed by atoms with Gasteiger partial charge in [-0.3, -0.25) is 4.90 Å². The highest BCUT2D eigenvalue weighted by Gasteiger charge is 2.34. The number of ether oxygens (including phenoxy) is 1. The molecule has 160 valence electrons. The van der Waals surface area contributed by atoms with Crippen LogP contribution in [0.25, 0.3) is 0 Å². The van der Waals surface area contributed by atoms with E-state index in [1.54, 1.807) is 11.0 Å². The quantitative estimate of drug-likeness (QED) is 0.739. The lowest BCUT2D eigenvalue weighted by Crippen LogP contribution is -2.46. The van der Waals surface area contributed by atoms with Gasteiger partial charge in [0.2, 0.25) is 0 Å². The Morgan fingerprint density at radius 3 is 2.58 bits per heavy atom. The van der Waals surface area contributed by atoms with Gasteiger partial charge in [-0.1, -0.05) is 36.4 Å². The summed E-state index contributed by atoms with van der Waals surface area (Å²) >= 11 is 0. The molecule has 0 bridgehead atoms. The molecule has 0 saturated carbocycles. The van der Waals surface area contributed by atoms with Gasteiger partial charge in [-0.15, -0.1) is 0 Å². The number of rotatable bonds is 4. The number of aliphatic hydroxyl groups excluding tert-OH is 2. The lowest BCUT2D eigenvalue weighted by atomic mass is 10.0. The largest absolute Gasteiger partial charge is 0.428 e. The van der Waals surface area contributed by atoms with E-state index >= 15 is 0 Å². The van der Waals surface area contributed by atoms with Crippen molar-refractivity contribution in [2.24, 2.45) is 4.99 Å². The first-order valence-corrected chi connectivity index (χ1v) is 10.4. The van der Waals surface area contributed by atoms with Crippen molar-refractivity contribution in [2.45, 2.75) is 45.4 Å². The second-order valence-electron chi connectivity index (χ2n) is 7.90. The molecule has 2 N–H and O–H groups in total. The minimum absolute atomic E-state index is 0.0406. The van der Waals surface area contributed by atoms with E-state index in [1.165, 1.54) is 6.20 Å². The fourth-order valence-electron chi connectivity index (χ4n) is 3.74. The van der Waals surface area contributed by atoms with Gasteiger partial charge in [-0.2, -0.15) is 0 Å². The molecule has 31 heavy (non-hydrogen) atoms. The predicted octanol–water partition coefficient (Wildman–Crippen LogP) is 3.74. The lowest BCUT2D eigenvalue weighted by Gasteiger charge is -2.34. The first-order chi connectivity index (χ1) is 14.9. The molecule has 2 aromatic rings. The van der Waals surface area contributed by atoms with Gasteiger partial charge < -0.3 is 14.9 Å². The maximum absolute atomic E-state index is 12.9. The molecular formula is C25H26N2O4. The number of nitrogens with zero attached hydrogens (tertiary/aromatic N) is 2. The number of carbonyl (C=O) groups excluding carboxylic acids is 1. The number of hydrogen-bond acceptors (Lipinski definition) is 6. The topological polar surface area (TPSA) is 82.4 Å². The standard InChI is InChI=1S/C25H26N2O4/c1-16-11-12-19(13-17(16)2)27-23(18-7-4-3-5-8-18)26-15-22(24(27)29)25(30)31-21-10-6-9-20(28)14-21/h3-5,7-8,11-15,20,24,28-29H,6,9-10H2,1-2H3. The van der Waals surface area contributed by atoms with Crippen molar-refractivity contribution in [1.82, 2.24) is 0 Å². The van der Waals surface area contributed by atoms with Gasteiger partial charge in [0.25, 0.3) is 0 Å². The first kappa shape index (κ1) is 21.0. The minimum Gasteiger partial charge on any atom is -0.428 e. The van der Waals surface area contributed by atoms with Crippen LogP contribution in [0.15, 0.2) is 77.1 Å². The number of benzene rings is 2. The Morgan fingerprint density at radius 1 is 1.10 bits per heavy atom. The molecule has 1 aliphatic carbocycles. The summed E-state index contributed by atoms with van der Waals surface area (Å²) in [6.45, 7) is 4.02. The van der Waals surface area contributed by atoms with E-state index in [0.717, 1.165) is 28.8 Å². The molecule has 1 aliphatic heterocycles. The summed E-state index contributed by atoms with van der Waals surface area (Å²) in [5.74, 6) is 0.296. The number of anilines is 1. The van der Waals surface area contributed by atoms with Gasteiger partial charge in [-0.25, -0.2) is 9.79 Å². The molecule has 2 aromatic carbocycles.